The third kappa shape index (κ3) is 3.56. The second-order valence-electron chi connectivity index (χ2n) is 5.78. The smallest absolute Gasteiger partial charge is 0.307 e. The summed E-state index contributed by atoms with van der Waals surface area (Å²) in [6.45, 7) is 0. The molecule has 27 heavy (non-hydrogen) atoms. The van der Waals surface area contributed by atoms with E-state index < -0.39 is 5.97 Å². The van der Waals surface area contributed by atoms with Gasteiger partial charge in [-0.2, -0.15) is 9.67 Å². The fraction of sp³-hybridized carbons (Fsp3) is 0.0556. The first-order valence-electron chi connectivity index (χ1n) is 8.01. The second-order valence-corrected chi connectivity index (χ2v) is 5.78. The Labute approximate surface area is 152 Å². The zero-order chi connectivity index (χ0) is 18.8. The molecule has 0 amide bonds. The summed E-state index contributed by atoms with van der Waals surface area (Å²) in [5.41, 5.74) is 2.67. The number of anilines is 2. The molecule has 9 heteroatoms. The number of benzene rings is 2. The summed E-state index contributed by atoms with van der Waals surface area (Å²) in [5.74, 6) is -1.01. The molecule has 0 unspecified atom stereocenters. The van der Waals surface area contributed by atoms with Crippen LogP contribution in [-0.2, 0) is 11.2 Å². The molecule has 0 aliphatic heterocycles. The van der Waals surface area contributed by atoms with Crippen molar-refractivity contribution in [3.05, 3.63) is 66.1 Å². The highest BCUT2D eigenvalue weighted by molar-refractivity contribution is 5.73. The molecule has 0 saturated heterocycles. The highest BCUT2D eigenvalue weighted by Gasteiger charge is 2.11. The average Bonchev–Trinajstić information content (AvgIpc) is 3.05. The lowest BCUT2D eigenvalue weighted by Gasteiger charge is -2.07. The third-order valence-electron chi connectivity index (χ3n) is 3.78. The van der Waals surface area contributed by atoms with E-state index in [2.05, 4.69) is 25.6 Å². The van der Waals surface area contributed by atoms with E-state index in [4.69, 9.17) is 5.11 Å². The molecule has 0 bridgehead atoms. The number of nitrogens with one attached hydrogen (secondary N) is 1. The SMILES string of the molecule is O=C(O)Cc1cccc(Nc2ncc3nnn(-c4cccc(F)c4)c3n2)c1. The quantitative estimate of drug-likeness (QED) is 0.561. The molecule has 0 fully saturated rings. The maximum absolute atomic E-state index is 13.5. The van der Waals surface area contributed by atoms with Gasteiger partial charge in [0, 0.05) is 5.69 Å². The Morgan fingerprint density at radius 2 is 2.04 bits per heavy atom. The molecule has 0 aliphatic rings. The van der Waals surface area contributed by atoms with Gasteiger partial charge in [0.1, 0.15) is 5.82 Å². The van der Waals surface area contributed by atoms with Gasteiger partial charge in [0.2, 0.25) is 5.95 Å². The van der Waals surface area contributed by atoms with E-state index in [1.165, 1.54) is 23.0 Å². The first-order chi connectivity index (χ1) is 13.1. The predicted octanol–water partition coefficient (Wildman–Crippen LogP) is 2.72. The summed E-state index contributed by atoms with van der Waals surface area (Å²) in [7, 11) is 0. The Morgan fingerprint density at radius 3 is 2.85 bits per heavy atom. The summed E-state index contributed by atoms with van der Waals surface area (Å²) < 4.78 is 14.9. The number of hydrogen-bond donors (Lipinski definition) is 2. The zero-order valence-corrected chi connectivity index (χ0v) is 13.9. The van der Waals surface area contributed by atoms with Crippen molar-refractivity contribution < 1.29 is 14.3 Å². The van der Waals surface area contributed by atoms with E-state index in [0.717, 1.165) is 0 Å². The zero-order valence-electron chi connectivity index (χ0n) is 13.9. The third-order valence-corrected chi connectivity index (χ3v) is 3.78. The van der Waals surface area contributed by atoms with Crippen molar-refractivity contribution >= 4 is 28.8 Å². The van der Waals surface area contributed by atoms with Crippen molar-refractivity contribution in [3.8, 4) is 5.69 Å². The Morgan fingerprint density at radius 1 is 1.19 bits per heavy atom. The molecule has 2 heterocycles. The van der Waals surface area contributed by atoms with Gasteiger partial charge in [-0.25, -0.2) is 9.37 Å². The summed E-state index contributed by atoms with van der Waals surface area (Å²) in [6, 6.07) is 12.9. The summed E-state index contributed by atoms with van der Waals surface area (Å²) in [5, 5.41) is 19.9. The first-order valence-corrected chi connectivity index (χ1v) is 8.01. The van der Waals surface area contributed by atoms with E-state index in [-0.39, 0.29) is 18.2 Å². The number of fused-ring (bicyclic) bond motifs is 1. The second kappa shape index (κ2) is 6.79. The Hall–Kier alpha value is -3.88. The molecule has 134 valence electrons. The van der Waals surface area contributed by atoms with Gasteiger partial charge in [0.05, 0.1) is 18.3 Å². The minimum absolute atomic E-state index is 0.0777. The van der Waals surface area contributed by atoms with Crippen molar-refractivity contribution in [3.63, 3.8) is 0 Å². The van der Waals surface area contributed by atoms with Crippen LogP contribution in [0.4, 0.5) is 16.0 Å². The van der Waals surface area contributed by atoms with Gasteiger partial charge < -0.3 is 10.4 Å². The number of hydrogen-bond acceptors (Lipinski definition) is 6. The molecule has 2 aromatic carbocycles. The van der Waals surface area contributed by atoms with Gasteiger partial charge >= 0.3 is 5.97 Å². The molecule has 2 aromatic heterocycles. The van der Waals surface area contributed by atoms with Crippen LogP contribution in [0.15, 0.2) is 54.7 Å². The number of rotatable bonds is 5. The van der Waals surface area contributed by atoms with Crippen LogP contribution in [0.5, 0.6) is 0 Å². The molecular weight excluding hydrogens is 351 g/mol. The van der Waals surface area contributed by atoms with E-state index in [1.54, 1.807) is 36.4 Å². The van der Waals surface area contributed by atoms with Crippen molar-refractivity contribution in [1.82, 2.24) is 25.0 Å². The van der Waals surface area contributed by atoms with E-state index >= 15 is 0 Å². The average molecular weight is 364 g/mol. The number of halogens is 1. The molecule has 4 aromatic rings. The van der Waals surface area contributed by atoms with Crippen LogP contribution in [-0.4, -0.2) is 36.0 Å². The van der Waals surface area contributed by atoms with Crippen LogP contribution in [0.2, 0.25) is 0 Å². The van der Waals surface area contributed by atoms with Gasteiger partial charge in [-0.3, -0.25) is 4.79 Å². The van der Waals surface area contributed by atoms with Crippen LogP contribution in [0, 0.1) is 5.82 Å². The molecule has 4 rings (SSSR count). The van der Waals surface area contributed by atoms with Gasteiger partial charge in [0.15, 0.2) is 11.2 Å². The maximum Gasteiger partial charge on any atom is 0.307 e. The van der Waals surface area contributed by atoms with E-state index in [0.29, 0.717) is 28.1 Å². The van der Waals surface area contributed by atoms with Crippen LogP contribution in [0.1, 0.15) is 5.56 Å². The minimum Gasteiger partial charge on any atom is -0.481 e. The van der Waals surface area contributed by atoms with Crippen molar-refractivity contribution in [2.24, 2.45) is 0 Å². The van der Waals surface area contributed by atoms with Gasteiger partial charge in [-0.05, 0) is 35.9 Å². The van der Waals surface area contributed by atoms with Crippen molar-refractivity contribution in [2.45, 2.75) is 6.42 Å². The molecule has 0 radical (unpaired) electrons. The normalized spacial score (nSPS) is 10.9. The molecular formula is C18H13FN6O2. The maximum atomic E-state index is 13.5. The van der Waals surface area contributed by atoms with Gasteiger partial charge in [-0.15, -0.1) is 5.10 Å². The highest BCUT2D eigenvalue weighted by Crippen LogP contribution is 2.19. The standard InChI is InChI=1S/C18H13FN6O2/c19-12-4-2-6-14(9-12)25-17-15(23-24-25)10-20-18(22-17)21-13-5-1-3-11(7-13)8-16(26)27/h1-7,9-10H,8H2,(H,26,27)(H,20,21,22). The van der Waals surface area contributed by atoms with Gasteiger partial charge in [0.25, 0.3) is 0 Å². The number of carboxylic acid groups (broad SMARTS) is 1. The lowest BCUT2D eigenvalue weighted by Crippen LogP contribution is -2.03. The van der Waals surface area contributed by atoms with Crippen molar-refractivity contribution in [2.75, 3.05) is 5.32 Å². The molecule has 0 spiro atoms. The molecule has 8 nitrogen and oxygen atoms in total. The Balaban J connectivity index is 1.67. The number of carboxylic acids is 1. The number of aromatic nitrogens is 5. The summed E-state index contributed by atoms with van der Waals surface area (Å²) >= 11 is 0. The summed E-state index contributed by atoms with van der Waals surface area (Å²) in [6.07, 6.45) is 1.43. The lowest BCUT2D eigenvalue weighted by atomic mass is 10.1. The molecule has 0 atom stereocenters. The molecule has 0 saturated carbocycles. The monoisotopic (exact) mass is 364 g/mol. The minimum atomic E-state index is -0.908. The number of nitrogens with zero attached hydrogens (tertiary/aromatic N) is 5. The van der Waals surface area contributed by atoms with Crippen LogP contribution < -0.4 is 5.32 Å². The van der Waals surface area contributed by atoms with Crippen molar-refractivity contribution in [1.29, 1.82) is 0 Å². The molecule has 2 N–H and O–H groups in total. The lowest BCUT2D eigenvalue weighted by molar-refractivity contribution is -0.136. The Bertz CT molecular complexity index is 1140. The number of aliphatic carboxylic acids is 1. The van der Waals surface area contributed by atoms with Crippen LogP contribution in [0.3, 0.4) is 0 Å². The molecule has 0 aliphatic carbocycles. The fourth-order valence-electron chi connectivity index (χ4n) is 2.63. The predicted molar refractivity (Wildman–Crippen MR) is 95.5 cm³/mol. The number of carbonyl (C=O) groups is 1. The van der Waals surface area contributed by atoms with Crippen LogP contribution >= 0.6 is 0 Å². The van der Waals surface area contributed by atoms with Gasteiger partial charge in [-0.1, -0.05) is 23.4 Å². The largest absolute Gasteiger partial charge is 0.481 e. The highest BCUT2D eigenvalue weighted by atomic mass is 19.1. The summed E-state index contributed by atoms with van der Waals surface area (Å²) in [4.78, 5) is 19.5. The Kier molecular flexibility index (Phi) is 4.17. The topological polar surface area (TPSA) is 106 Å². The van der Waals surface area contributed by atoms with E-state index in [9.17, 15) is 9.18 Å². The fourth-order valence-corrected chi connectivity index (χ4v) is 2.63. The van der Waals surface area contributed by atoms with E-state index in [1.807, 2.05) is 0 Å². The van der Waals surface area contributed by atoms with Crippen LogP contribution in [0.25, 0.3) is 16.9 Å². The first kappa shape index (κ1) is 16.6.